The SMILES string of the molecule is CCCCCCCCCCCNC(=O)Nc1ccccc1CCc1ccc(CC(C)C)cc1. The number of benzene rings is 2. The van der Waals surface area contributed by atoms with E-state index in [1.54, 1.807) is 0 Å². The summed E-state index contributed by atoms with van der Waals surface area (Å²) in [5.41, 5.74) is 4.84. The topological polar surface area (TPSA) is 41.1 Å². The van der Waals surface area contributed by atoms with Crippen LogP contribution in [0.1, 0.15) is 95.2 Å². The molecule has 0 bridgehead atoms. The van der Waals surface area contributed by atoms with Crippen LogP contribution in [-0.2, 0) is 19.3 Å². The molecule has 0 saturated heterocycles. The van der Waals surface area contributed by atoms with Gasteiger partial charge in [-0.2, -0.15) is 0 Å². The molecule has 0 aliphatic carbocycles. The fraction of sp³-hybridized carbons (Fsp3) is 0.567. The lowest BCUT2D eigenvalue weighted by Gasteiger charge is -2.12. The summed E-state index contributed by atoms with van der Waals surface area (Å²) in [6.07, 6.45) is 14.6. The summed E-state index contributed by atoms with van der Waals surface area (Å²) >= 11 is 0. The van der Waals surface area contributed by atoms with E-state index in [1.807, 2.05) is 18.2 Å². The Labute approximate surface area is 202 Å². The molecule has 0 saturated carbocycles. The van der Waals surface area contributed by atoms with Gasteiger partial charge < -0.3 is 10.6 Å². The fourth-order valence-electron chi connectivity index (χ4n) is 4.26. The second-order valence-electron chi connectivity index (χ2n) is 9.78. The van der Waals surface area contributed by atoms with Crippen LogP contribution in [0.4, 0.5) is 10.5 Å². The van der Waals surface area contributed by atoms with Crippen molar-refractivity contribution in [3.05, 3.63) is 65.2 Å². The maximum atomic E-state index is 12.4. The van der Waals surface area contributed by atoms with Crippen molar-refractivity contribution in [2.45, 2.75) is 97.8 Å². The smallest absolute Gasteiger partial charge is 0.319 e. The molecule has 0 spiro atoms. The number of rotatable bonds is 16. The van der Waals surface area contributed by atoms with E-state index in [9.17, 15) is 4.79 Å². The van der Waals surface area contributed by atoms with Gasteiger partial charge in [-0.25, -0.2) is 4.79 Å². The monoisotopic (exact) mass is 450 g/mol. The van der Waals surface area contributed by atoms with Crippen LogP contribution < -0.4 is 10.6 Å². The minimum atomic E-state index is -0.0972. The standard InChI is InChI=1S/C30H46N2O/c1-4-5-6-7-8-9-10-11-14-23-31-30(33)32-29-16-13-12-15-28(29)22-21-26-17-19-27(20-18-26)24-25(2)3/h12-13,15-20,25H,4-11,14,21-24H2,1-3H3,(H2,31,32,33). The predicted molar refractivity (Wildman–Crippen MR) is 143 cm³/mol. The molecule has 0 aromatic heterocycles. The predicted octanol–water partition coefficient (Wildman–Crippen LogP) is 8.32. The molecule has 2 rings (SSSR count). The zero-order chi connectivity index (χ0) is 23.7. The number of anilines is 1. The van der Waals surface area contributed by atoms with Crippen molar-refractivity contribution in [3.63, 3.8) is 0 Å². The maximum absolute atomic E-state index is 12.4. The van der Waals surface area contributed by atoms with Gasteiger partial charge in [0.25, 0.3) is 0 Å². The molecule has 182 valence electrons. The van der Waals surface area contributed by atoms with Crippen LogP contribution in [0.15, 0.2) is 48.5 Å². The summed E-state index contributed by atoms with van der Waals surface area (Å²) in [4.78, 5) is 12.4. The third-order valence-corrected chi connectivity index (χ3v) is 6.18. The number of hydrogen-bond acceptors (Lipinski definition) is 1. The van der Waals surface area contributed by atoms with Gasteiger partial charge in [-0.3, -0.25) is 0 Å². The average Bonchev–Trinajstić information content (AvgIpc) is 2.80. The molecule has 0 aliphatic rings. The number of unbranched alkanes of at least 4 members (excludes halogenated alkanes) is 8. The van der Waals surface area contributed by atoms with Crippen LogP contribution >= 0.6 is 0 Å². The van der Waals surface area contributed by atoms with Crippen LogP contribution in [0, 0.1) is 5.92 Å². The van der Waals surface area contributed by atoms with Gasteiger partial charge in [-0.15, -0.1) is 0 Å². The summed E-state index contributed by atoms with van der Waals surface area (Å²) in [7, 11) is 0. The van der Waals surface area contributed by atoms with Crippen LogP contribution in [0.25, 0.3) is 0 Å². The molecule has 0 radical (unpaired) electrons. The summed E-state index contributed by atoms with van der Waals surface area (Å²) in [6.45, 7) is 7.51. The highest BCUT2D eigenvalue weighted by Crippen LogP contribution is 2.18. The minimum absolute atomic E-state index is 0.0972. The van der Waals surface area contributed by atoms with Gasteiger partial charge in [0.1, 0.15) is 0 Å². The Morgan fingerprint density at radius 1 is 0.758 bits per heavy atom. The molecule has 2 amide bonds. The second kappa shape index (κ2) is 16.3. The average molecular weight is 451 g/mol. The molecular weight excluding hydrogens is 404 g/mol. The first kappa shape index (κ1) is 27.0. The Balaban J connectivity index is 1.67. The summed E-state index contributed by atoms with van der Waals surface area (Å²) in [5, 5.41) is 6.08. The van der Waals surface area contributed by atoms with Gasteiger partial charge in [0.15, 0.2) is 0 Å². The van der Waals surface area contributed by atoms with Crippen molar-refractivity contribution in [2.75, 3.05) is 11.9 Å². The van der Waals surface area contributed by atoms with Gasteiger partial charge in [-0.05, 0) is 54.4 Å². The zero-order valence-corrected chi connectivity index (χ0v) is 21.3. The van der Waals surface area contributed by atoms with E-state index in [4.69, 9.17) is 0 Å². The number of para-hydroxylation sites is 1. The van der Waals surface area contributed by atoms with Crippen LogP contribution in [-0.4, -0.2) is 12.6 Å². The van der Waals surface area contributed by atoms with Crippen LogP contribution in [0.5, 0.6) is 0 Å². The first-order chi connectivity index (χ1) is 16.1. The molecule has 2 N–H and O–H groups in total. The van der Waals surface area contributed by atoms with Gasteiger partial charge in [-0.1, -0.05) is 115 Å². The zero-order valence-electron chi connectivity index (χ0n) is 21.3. The van der Waals surface area contributed by atoms with Crippen molar-refractivity contribution in [2.24, 2.45) is 5.92 Å². The van der Waals surface area contributed by atoms with E-state index in [2.05, 4.69) is 61.7 Å². The summed E-state index contributed by atoms with van der Waals surface area (Å²) in [5.74, 6) is 0.681. The Bertz CT molecular complexity index is 782. The molecule has 3 nitrogen and oxygen atoms in total. The van der Waals surface area contributed by atoms with Crippen molar-refractivity contribution >= 4 is 11.7 Å². The van der Waals surface area contributed by atoms with Gasteiger partial charge in [0.2, 0.25) is 0 Å². The molecule has 0 atom stereocenters. The molecule has 2 aromatic carbocycles. The Kier molecular flexibility index (Phi) is 13.4. The van der Waals surface area contributed by atoms with Crippen molar-refractivity contribution in [1.82, 2.24) is 5.32 Å². The molecule has 3 heteroatoms. The van der Waals surface area contributed by atoms with Crippen LogP contribution in [0.3, 0.4) is 0 Å². The number of carbonyl (C=O) groups excluding carboxylic acids is 1. The number of nitrogens with one attached hydrogen (secondary N) is 2. The lowest BCUT2D eigenvalue weighted by Crippen LogP contribution is -2.29. The lowest BCUT2D eigenvalue weighted by atomic mass is 9.99. The van der Waals surface area contributed by atoms with Gasteiger partial charge >= 0.3 is 6.03 Å². The van der Waals surface area contributed by atoms with E-state index in [-0.39, 0.29) is 6.03 Å². The van der Waals surface area contributed by atoms with E-state index in [0.717, 1.165) is 37.9 Å². The molecule has 33 heavy (non-hydrogen) atoms. The van der Waals surface area contributed by atoms with Gasteiger partial charge in [0.05, 0.1) is 0 Å². The molecule has 0 unspecified atom stereocenters. The van der Waals surface area contributed by atoms with Crippen LogP contribution in [0.2, 0.25) is 0 Å². The Morgan fingerprint density at radius 3 is 2.03 bits per heavy atom. The van der Waals surface area contributed by atoms with Crippen molar-refractivity contribution in [3.8, 4) is 0 Å². The van der Waals surface area contributed by atoms with E-state index >= 15 is 0 Å². The highest BCUT2D eigenvalue weighted by atomic mass is 16.2. The number of carbonyl (C=O) groups is 1. The molecule has 0 heterocycles. The maximum Gasteiger partial charge on any atom is 0.319 e. The largest absolute Gasteiger partial charge is 0.338 e. The lowest BCUT2D eigenvalue weighted by molar-refractivity contribution is 0.252. The second-order valence-corrected chi connectivity index (χ2v) is 9.78. The fourth-order valence-corrected chi connectivity index (χ4v) is 4.26. The molecule has 0 fully saturated rings. The van der Waals surface area contributed by atoms with E-state index in [0.29, 0.717) is 5.92 Å². The number of amides is 2. The molecular formula is C30H46N2O. The van der Waals surface area contributed by atoms with Crippen molar-refractivity contribution in [1.29, 1.82) is 0 Å². The van der Waals surface area contributed by atoms with E-state index in [1.165, 1.54) is 68.1 Å². The Hall–Kier alpha value is -2.29. The summed E-state index contributed by atoms with van der Waals surface area (Å²) in [6, 6.07) is 17.0. The number of aryl methyl sites for hydroxylation is 2. The van der Waals surface area contributed by atoms with Gasteiger partial charge in [0, 0.05) is 12.2 Å². The third kappa shape index (κ3) is 11.9. The minimum Gasteiger partial charge on any atom is -0.338 e. The highest BCUT2D eigenvalue weighted by molar-refractivity contribution is 5.90. The first-order valence-electron chi connectivity index (χ1n) is 13.3. The normalized spacial score (nSPS) is 11.0. The molecule has 2 aromatic rings. The Morgan fingerprint density at radius 2 is 1.36 bits per heavy atom. The highest BCUT2D eigenvalue weighted by Gasteiger charge is 2.07. The summed E-state index contributed by atoms with van der Waals surface area (Å²) < 4.78 is 0. The van der Waals surface area contributed by atoms with Crippen molar-refractivity contribution < 1.29 is 4.79 Å². The third-order valence-electron chi connectivity index (χ3n) is 6.18. The molecule has 0 aliphatic heterocycles. The van der Waals surface area contributed by atoms with E-state index < -0.39 is 0 Å². The first-order valence-corrected chi connectivity index (χ1v) is 13.3. The number of hydrogen-bond donors (Lipinski definition) is 2. The quantitative estimate of drug-likeness (QED) is 0.248. The number of urea groups is 1.